The van der Waals surface area contributed by atoms with E-state index in [0.717, 1.165) is 92.3 Å². The number of aliphatic hydroxyl groups is 6. The molecular weight excluding hydrogens is 743 g/mol. The average Bonchev–Trinajstić information content (AvgIpc) is 3.77. The van der Waals surface area contributed by atoms with Gasteiger partial charge in [0.05, 0.1) is 19.3 Å². The number of hydrogen-bond acceptors (Lipinski definition) is 10. The maximum absolute atomic E-state index is 13.7. The summed E-state index contributed by atoms with van der Waals surface area (Å²) in [6.45, 7) is 1.32. The molecule has 10 nitrogen and oxygen atoms in total. The molecule has 2 bridgehead atoms. The lowest BCUT2D eigenvalue weighted by molar-refractivity contribution is -0.244. The van der Waals surface area contributed by atoms with Crippen molar-refractivity contribution in [1.29, 1.82) is 0 Å². The van der Waals surface area contributed by atoms with Crippen molar-refractivity contribution in [2.24, 2.45) is 57.6 Å². The van der Waals surface area contributed by atoms with Crippen LogP contribution in [-0.4, -0.2) is 109 Å². The first-order valence-corrected chi connectivity index (χ1v) is 26.1. The van der Waals surface area contributed by atoms with Crippen LogP contribution in [-0.2, 0) is 19.2 Å². The Morgan fingerprint density at radius 1 is 0.649 bits per heavy atom. The first-order chi connectivity index (χ1) is 27.6. The van der Waals surface area contributed by atoms with Crippen LogP contribution in [0.5, 0.6) is 0 Å². The highest BCUT2D eigenvalue weighted by atomic mass is 32.2. The lowest BCUT2D eigenvalue weighted by Crippen LogP contribution is -2.60. The number of hydrogen-bond donors (Lipinski definition) is 6. The Labute approximate surface area is 345 Å². The van der Waals surface area contributed by atoms with Crippen LogP contribution in [0, 0.1) is 53.3 Å². The third-order valence-electron chi connectivity index (χ3n) is 16.1. The molecule has 5 aliphatic carbocycles. The van der Waals surface area contributed by atoms with Crippen molar-refractivity contribution >= 4 is 9.73 Å². The Morgan fingerprint density at radius 3 is 1.79 bits per heavy atom. The summed E-state index contributed by atoms with van der Waals surface area (Å²) in [7, 11) is -2.78. The lowest BCUT2D eigenvalue weighted by atomic mass is 9.57. The van der Waals surface area contributed by atoms with Crippen molar-refractivity contribution in [3.63, 3.8) is 0 Å². The minimum atomic E-state index is -2.78. The zero-order valence-electron chi connectivity index (χ0n) is 35.7. The summed E-state index contributed by atoms with van der Waals surface area (Å²) >= 11 is 0. The Kier molecular flexibility index (Phi) is 17.9. The van der Waals surface area contributed by atoms with Gasteiger partial charge >= 0.3 is 0 Å². The van der Waals surface area contributed by atoms with Crippen LogP contribution in [0.2, 0.25) is 0 Å². The smallest absolute Gasteiger partial charge is 0.185 e. The maximum atomic E-state index is 13.7. The molecule has 0 amide bonds. The van der Waals surface area contributed by atoms with Crippen molar-refractivity contribution in [3.8, 4) is 0 Å². The summed E-state index contributed by atoms with van der Waals surface area (Å²) in [6.07, 6.45) is 19.5. The fraction of sp³-hybridized carbons (Fsp3) is 1.00. The fourth-order valence-electron chi connectivity index (χ4n) is 13.4. The molecule has 0 spiro atoms. The Bertz CT molecular complexity index is 1300. The van der Waals surface area contributed by atoms with E-state index in [2.05, 4.69) is 11.3 Å². The Hall–Kier alpha value is -0.370. The van der Waals surface area contributed by atoms with Crippen molar-refractivity contribution in [3.05, 3.63) is 0 Å². The molecule has 1 heterocycles. The summed E-state index contributed by atoms with van der Waals surface area (Å²) in [4.78, 5) is 0. The van der Waals surface area contributed by atoms with Gasteiger partial charge < -0.3 is 40.1 Å². The molecule has 1 saturated heterocycles. The molecular formula is C46H83NO9S. The third kappa shape index (κ3) is 11.2. The average molecular weight is 826 g/mol. The number of unbranched alkanes of at least 4 members (excludes halogenated alkanes) is 18. The van der Waals surface area contributed by atoms with Gasteiger partial charge in [0.1, 0.15) is 36.6 Å². The third-order valence-corrected chi connectivity index (χ3v) is 17.8. The van der Waals surface area contributed by atoms with Gasteiger partial charge in [-0.05, 0) is 85.4 Å². The second kappa shape index (κ2) is 22.1. The topological polar surface area (TPSA) is 169 Å². The van der Waals surface area contributed by atoms with E-state index in [1.807, 2.05) is 0 Å². The first kappa shape index (κ1) is 46.1. The van der Waals surface area contributed by atoms with Crippen LogP contribution in [0.3, 0.4) is 0 Å². The predicted molar refractivity (Wildman–Crippen MR) is 225 cm³/mol. The van der Waals surface area contributed by atoms with E-state index in [1.54, 1.807) is 19.1 Å². The molecule has 332 valence electrons. The highest BCUT2D eigenvalue weighted by molar-refractivity contribution is 7.92. The molecule has 6 N–H and O–H groups in total. The fourth-order valence-corrected chi connectivity index (χ4v) is 14.9. The van der Waals surface area contributed by atoms with Crippen molar-refractivity contribution in [2.75, 3.05) is 25.2 Å². The minimum Gasteiger partial charge on any atom is -0.394 e. The summed E-state index contributed by atoms with van der Waals surface area (Å²) in [5, 5.41) is 62.9. The molecule has 1 aliphatic heterocycles. The number of aliphatic hydroxyl groups excluding tert-OH is 6. The largest absolute Gasteiger partial charge is 0.394 e. The first-order valence-electron chi connectivity index (χ1n) is 24.0. The van der Waals surface area contributed by atoms with E-state index < -0.39 is 65.3 Å². The van der Waals surface area contributed by atoms with Crippen molar-refractivity contribution in [2.45, 2.75) is 210 Å². The van der Waals surface area contributed by atoms with Gasteiger partial charge in [0.2, 0.25) is 0 Å². The Balaban J connectivity index is 0.875. The van der Waals surface area contributed by atoms with Gasteiger partial charge in [-0.3, -0.25) is 0 Å². The monoisotopic (exact) mass is 826 g/mol. The standard InChI is InChI=1S/C46H83NO9S/c1-3-4-5-6-7-8-9-10-11-15-18-21-24-35(49)42(50)46(55-29-37-44(52)45(53)43(51)36(28-48)56-37)47-57(2,54)25-22-19-16-13-12-14-17-20-23-30-38-31-26-34-39(30)41-33(38)27-32(31)40(34)41/h30-46,48-53H,3-29H2,1-2H3/t30?,31?,32?,33?,34?,35-,36?,37?,38?,39?,40?,41?,42-,43?,44?,45?,46+,57?/m1/s1. The molecule has 15 unspecified atom stereocenters. The molecule has 11 heteroatoms. The normalized spacial score (nSPS) is 38.4. The van der Waals surface area contributed by atoms with Gasteiger partial charge in [-0.2, -0.15) is 0 Å². The van der Waals surface area contributed by atoms with Gasteiger partial charge in [-0.25, -0.2) is 8.57 Å². The molecule has 0 radical (unpaired) electrons. The summed E-state index contributed by atoms with van der Waals surface area (Å²) in [5.74, 6) is 10.5. The van der Waals surface area contributed by atoms with E-state index in [1.165, 1.54) is 95.8 Å². The minimum absolute atomic E-state index is 0.349. The van der Waals surface area contributed by atoms with Gasteiger partial charge in [0, 0.05) is 21.7 Å². The van der Waals surface area contributed by atoms with Gasteiger partial charge in [-0.15, -0.1) is 0 Å². The lowest BCUT2D eigenvalue weighted by Gasteiger charge is -2.48. The van der Waals surface area contributed by atoms with Crippen LogP contribution in [0.25, 0.3) is 0 Å². The van der Waals surface area contributed by atoms with E-state index in [0.29, 0.717) is 12.2 Å². The SMILES string of the molecule is CCCCCCCCCCCCCC[C@@H](O)[C@@H](O)[C@@H](N=S(C)(=O)CCCCCCCCCCC1C2C3CC4C5C3CC2C5C14)OCC1OC(CO)C(O)C(O)C1O. The molecule has 0 aromatic heterocycles. The van der Waals surface area contributed by atoms with E-state index in [9.17, 15) is 34.8 Å². The zero-order valence-corrected chi connectivity index (χ0v) is 36.5. The predicted octanol–water partition coefficient (Wildman–Crippen LogP) is 6.99. The number of ether oxygens (including phenoxy) is 2. The second-order valence-corrected chi connectivity index (χ2v) is 22.4. The van der Waals surface area contributed by atoms with Gasteiger partial charge in [0.15, 0.2) is 6.23 Å². The summed E-state index contributed by atoms with van der Waals surface area (Å²) < 4.78 is 29.7. The van der Waals surface area contributed by atoms with Crippen LogP contribution >= 0.6 is 0 Å². The zero-order chi connectivity index (χ0) is 40.5. The quantitative estimate of drug-likeness (QED) is 0.0404. The van der Waals surface area contributed by atoms with Gasteiger partial charge in [-0.1, -0.05) is 129 Å². The number of rotatable bonds is 31. The van der Waals surface area contributed by atoms with Gasteiger partial charge in [0.25, 0.3) is 0 Å². The van der Waals surface area contributed by atoms with Crippen molar-refractivity contribution in [1.82, 2.24) is 0 Å². The highest BCUT2D eigenvalue weighted by Gasteiger charge is 2.79. The van der Waals surface area contributed by atoms with Crippen LogP contribution < -0.4 is 0 Å². The van der Waals surface area contributed by atoms with Crippen LogP contribution in [0.4, 0.5) is 0 Å². The molecule has 18 atom stereocenters. The molecule has 6 fully saturated rings. The maximum Gasteiger partial charge on any atom is 0.185 e. The summed E-state index contributed by atoms with van der Waals surface area (Å²) in [6, 6.07) is 0. The summed E-state index contributed by atoms with van der Waals surface area (Å²) in [5.41, 5.74) is 0. The molecule has 6 aliphatic rings. The Morgan fingerprint density at radius 2 is 1.18 bits per heavy atom. The van der Waals surface area contributed by atoms with E-state index in [4.69, 9.17) is 9.47 Å². The second-order valence-electron chi connectivity index (χ2n) is 19.8. The van der Waals surface area contributed by atoms with Crippen LogP contribution in [0.15, 0.2) is 4.36 Å². The number of nitrogens with zero attached hydrogens (tertiary/aromatic N) is 1. The molecule has 5 saturated carbocycles. The highest BCUT2D eigenvalue weighted by Crippen LogP contribution is 2.84. The number of fused-ring (bicyclic) bond motifs is 2. The van der Waals surface area contributed by atoms with Crippen molar-refractivity contribution < 1.29 is 44.3 Å². The van der Waals surface area contributed by atoms with E-state index in [-0.39, 0.29) is 6.61 Å². The molecule has 0 aromatic carbocycles. The van der Waals surface area contributed by atoms with Crippen LogP contribution in [0.1, 0.15) is 161 Å². The molecule has 6 rings (SSSR count). The molecule has 0 aromatic rings. The van der Waals surface area contributed by atoms with E-state index >= 15 is 0 Å². The molecule has 57 heavy (non-hydrogen) atoms.